The summed E-state index contributed by atoms with van der Waals surface area (Å²) in [5.74, 6) is -15.4. The molecule has 326 valence electrons. The summed E-state index contributed by atoms with van der Waals surface area (Å²) in [6.07, 6.45) is -10.1. The first-order valence-electron chi connectivity index (χ1n) is 19.3. The van der Waals surface area contributed by atoms with Crippen LogP contribution in [-0.2, 0) is 6.42 Å². The fourth-order valence-corrected chi connectivity index (χ4v) is 8.90. The number of ether oxygens (including phenoxy) is 3. The van der Waals surface area contributed by atoms with Crippen molar-refractivity contribution in [2.75, 3.05) is 0 Å². The molecule has 6 aromatic carbocycles. The first-order valence-corrected chi connectivity index (χ1v) is 19.3. The van der Waals surface area contributed by atoms with E-state index in [1.807, 2.05) is 0 Å². The number of aromatic hydroxyl groups is 12. The number of hydrogen-bond acceptors (Lipinski definition) is 18. The number of rotatable bonds is 5. The van der Waals surface area contributed by atoms with E-state index >= 15 is 0 Å². The molecule has 6 aromatic rings. The minimum absolute atomic E-state index is 0.115. The highest BCUT2D eigenvalue weighted by atomic mass is 16.5. The Kier molecular flexibility index (Phi) is 9.46. The van der Waals surface area contributed by atoms with Gasteiger partial charge in [0.2, 0.25) is 17.2 Å². The van der Waals surface area contributed by atoms with Crippen LogP contribution in [0.15, 0.2) is 78.9 Å². The molecule has 3 aliphatic heterocycles. The van der Waals surface area contributed by atoms with Crippen molar-refractivity contribution in [3.8, 4) is 86.2 Å². The minimum atomic E-state index is -1.99. The van der Waals surface area contributed by atoms with Gasteiger partial charge in [0.1, 0.15) is 52.8 Å². The van der Waals surface area contributed by atoms with Crippen molar-refractivity contribution >= 4 is 0 Å². The number of aliphatic hydroxyl groups is 3. The lowest BCUT2D eigenvalue weighted by molar-refractivity contribution is -0.00590. The molecule has 0 saturated carbocycles. The van der Waals surface area contributed by atoms with E-state index in [0.29, 0.717) is 5.56 Å². The van der Waals surface area contributed by atoms with Crippen molar-refractivity contribution in [3.63, 3.8) is 0 Å². The summed E-state index contributed by atoms with van der Waals surface area (Å²) >= 11 is 0. The average Bonchev–Trinajstić information content (AvgIpc) is 3.26. The molecule has 0 spiro atoms. The first-order chi connectivity index (χ1) is 30.0. The SMILES string of the molecule is Oc1ccc([C@H]2Oc3c(c(O)c(O)c(O)c3[C@@H]3c4c(cc(O)c(O)c4O)O[C@H](c4ccc(O)cc4)[C@H]3O)[C@@H](c3c(O)c(O)c(O)c4c3O[C@H](c3ccc(O)cc3)[C@@H](O)C4)[C@@H]2O)cc1. The molecule has 18 nitrogen and oxygen atoms in total. The van der Waals surface area contributed by atoms with E-state index in [0.717, 1.165) is 6.07 Å². The third kappa shape index (κ3) is 6.21. The zero-order valence-electron chi connectivity index (χ0n) is 32.3. The van der Waals surface area contributed by atoms with Crippen LogP contribution in [0.2, 0.25) is 0 Å². The Balaban J connectivity index is 1.35. The number of phenolic OH excluding ortho intramolecular Hbond substituents is 12. The van der Waals surface area contributed by atoms with E-state index in [9.17, 15) is 76.6 Å². The third-order valence-electron chi connectivity index (χ3n) is 11.9. The number of benzene rings is 6. The molecule has 0 aromatic heterocycles. The van der Waals surface area contributed by atoms with Crippen molar-refractivity contribution in [3.05, 3.63) is 123 Å². The molecule has 0 fully saturated rings. The predicted molar refractivity (Wildman–Crippen MR) is 214 cm³/mol. The Bertz CT molecular complexity index is 2790. The Hall–Kier alpha value is -7.80. The molecule has 0 bridgehead atoms. The Labute approximate surface area is 354 Å². The maximum absolute atomic E-state index is 12.5. The molecule has 8 atom stereocenters. The van der Waals surface area contributed by atoms with Gasteiger partial charge in [-0.2, -0.15) is 0 Å². The highest BCUT2D eigenvalue weighted by Crippen LogP contribution is 2.66. The lowest BCUT2D eigenvalue weighted by atomic mass is 9.73. The molecule has 0 unspecified atom stereocenters. The number of aliphatic hydroxyl groups excluding tert-OH is 3. The summed E-state index contributed by atoms with van der Waals surface area (Å²) in [5.41, 5.74) is -1.89. The lowest BCUT2D eigenvalue weighted by Gasteiger charge is -2.43. The largest absolute Gasteiger partial charge is 0.508 e. The predicted octanol–water partition coefficient (Wildman–Crippen LogP) is 4.44. The van der Waals surface area contributed by atoms with Crippen molar-refractivity contribution < 1.29 is 90.8 Å². The molecular formula is C45H38O18. The van der Waals surface area contributed by atoms with Gasteiger partial charge in [-0.1, -0.05) is 36.4 Å². The van der Waals surface area contributed by atoms with E-state index in [4.69, 9.17) is 14.2 Å². The lowest BCUT2D eigenvalue weighted by Crippen LogP contribution is -2.39. The second kappa shape index (κ2) is 14.7. The number of fused-ring (bicyclic) bond motifs is 3. The summed E-state index contributed by atoms with van der Waals surface area (Å²) in [6.45, 7) is 0. The summed E-state index contributed by atoms with van der Waals surface area (Å²) < 4.78 is 18.8. The van der Waals surface area contributed by atoms with Gasteiger partial charge in [-0.3, -0.25) is 0 Å². The first kappa shape index (κ1) is 40.6. The molecule has 0 aliphatic carbocycles. The number of hydrogen-bond donors (Lipinski definition) is 15. The molecule has 3 aliphatic rings. The second-order valence-electron chi connectivity index (χ2n) is 15.6. The van der Waals surface area contributed by atoms with Gasteiger partial charge in [-0.15, -0.1) is 0 Å². The van der Waals surface area contributed by atoms with E-state index in [-0.39, 0.29) is 39.7 Å². The van der Waals surface area contributed by atoms with Crippen LogP contribution in [-0.4, -0.2) is 94.9 Å². The number of phenols is 12. The maximum Gasteiger partial charge on any atom is 0.201 e. The van der Waals surface area contributed by atoms with Gasteiger partial charge in [0.05, 0.1) is 40.2 Å². The van der Waals surface area contributed by atoms with Crippen LogP contribution in [0, 0.1) is 0 Å². The van der Waals surface area contributed by atoms with Crippen molar-refractivity contribution in [1.29, 1.82) is 0 Å². The molecule has 0 radical (unpaired) electrons. The zero-order chi connectivity index (χ0) is 44.9. The standard InChI is InChI=1S/C45H38O18/c46-18-7-1-15(2-8-18)41-23(50)13-21-31(51)39(59)34(54)28(44(21)62-41)27-30-36(56)40(60)35(55)29(45(30)63-43(38(27)58)17-5-11-20(48)12-6-17)26-25-24(14-22(49)32(52)33(25)53)61-42(37(26)57)16-3-9-19(47)10-4-16/h1-12,14,23,26-27,37-38,41-43,46-60H,13H2/t23-,26-,27+,37-,38-,41+,42+,43+/m0/s1. The van der Waals surface area contributed by atoms with E-state index in [1.165, 1.54) is 72.8 Å². The summed E-state index contributed by atoms with van der Waals surface area (Å²) in [6, 6.07) is 16.9. The van der Waals surface area contributed by atoms with Crippen molar-refractivity contribution in [1.82, 2.24) is 0 Å². The Morgan fingerprint density at radius 2 is 0.762 bits per heavy atom. The van der Waals surface area contributed by atoms with Crippen molar-refractivity contribution in [2.45, 2.75) is 54.9 Å². The topological polar surface area (TPSA) is 331 Å². The van der Waals surface area contributed by atoms with Crippen LogP contribution in [0.3, 0.4) is 0 Å². The molecular weight excluding hydrogens is 828 g/mol. The van der Waals surface area contributed by atoms with E-state index < -0.39 is 140 Å². The fourth-order valence-electron chi connectivity index (χ4n) is 8.90. The zero-order valence-corrected chi connectivity index (χ0v) is 32.3. The molecule has 15 N–H and O–H groups in total. The highest BCUT2D eigenvalue weighted by Gasteiger charge is 2.52. The summed E-state index contributed by atoms with van der Waals surface area (Å²) in [5, 5.41) is 169. The summed E-state index contributed by atoms with van der Waals surface area (Å²) in [4.78, 5) is 0. The van der Waals surface area contributed by atoms with Gasteiger partial charge in [-0.05, 0) is 53.1 Å². The van der Waals surface area contributed by atoms with Gasteiger partial charge in [0.25, 0.3) is 0 Å². The van der Waals surface area contributed by atoms with Crippen molar-refractivity contribution in [2.24, 2.45) is 0 Å². The maximum atomic E-state index is 12.5. The Morgan fingerprint density at radius 1 is 0.381 bits per heavy atom. The fraction of sp³-hybridized carbons (Fsp3) is 0.200. The van der Waals surface area contributed by atoms with Crippen LogP contribution < -0.4 is 14.2 Å². The van der Waals surface area contributed by atoms with Gasteiger partial charge in [0, 0.05) is 18.1 Å². The second-order valence-corrected chi connectivity index (χ2v) is 15.6. The van der Waals surface area contributed by atoms with Crippen LogP contribution in [0.1, 0.15) is 74.7 Å². The average molecular weight is 867 g/mol. The Morgan fingerprint density at radius 3 is 1.25 bits per heavy atom. The third-order valence-corrected chi connectivity index (χ3v) is 11.9. The van der Waals surface area contributed by atoms with Crippen LogP contribution in [0.4, 0.5) is 0 Å². The molecule has 3 heterocycles. The van der Waals surface area contributed by atoms with Gasteiger partial charge in [0.15, 0.2) is 46.7 Å². The smallest absolute Gasteiger partial charge is 0.201 e. The molecule has 0 amide bonds. The van der Waals surface area contributed by atoms with E-state index in [1.54, 1.807) is 0 Å². The van der Waals surface area contributed by atoms with Gasteiger partial charge >= 0.3 is 0 Å². The monoisotopic (exact) mass is 866 g/mol. The van der Waals surface area contributed by atoms with Crippen LogP contribution >= 0.6 is 0 Å². The minimum Gasteiger partial charge on any atom is -0.508 e. The molecule has 9 rings (SSSR count). The highest BCUT2D eigenvalue weighted by molar-refractivity contribution is 5.76. The van der Waals surface area contributed by atoms with E-state index in [2.05, 4.69) is 0 Å². The van der Waals surface area contributed by atoms with Gasteiger partial charge < -0.3 is 90.8 Å². The molecule has 18 heteroatoms. The van der Waals surface area contributed by atoms with Crippen LogP contribution in [0.5, 0.6) is 86.2 Å². The quantitative estimate of drug-likeness (QED) is 0.106. The molecule has 63 heavy (non-hydrogen) atoms. The molecule has 0 saturated heterocycles. The van der Waals surface area contributed by atoms with Gasteiger partial charge in [-0.25, -0.2) is 0 Å². The normalized spacial score (nSPS) is 23.6. The van der Waals surface area contributed by atoms with Crippen LogP contribution in [0.25, 0.3) is 0 Å². The summed E-state index contributed by atoms with van der Waals surface area (Å²) in [7, 11) is 0.